The number of carboxylic acid groups (broad SMARTS) is 1. The Bertz CT molecular complexity index is 279. The molecule has 0 atom stereocenters. The number of carbonyl (C=O) groups is 2. The van der Waals surface area contributed by atoms with E-state index in [2.05, 4.69) is 4.74 Å². The molecule has 78 valence electrons. The quantitative estimate of drug-likeness (QED) is 0.768. The van der Waals surface area contributed by atoms with Crippen molar-refractivity contribution in [1.82, 2.24) is 0 Å². The van der Waals surface area contributed by atoms with Crippen LogP contribution >= 0.6 is 11.3 Å². The molecule has 1 aromatic rings. The first kappa shape index (κ1) is 12.6. The molecule has 14 heavy (non-hydrogen) atoms. The lowest BCUT2D eigenvalue weighted by Gasteiger charge is -1.89. The average Bonchev–Trinajstić information content (AvgIpc) is 2.56. The molecule has 0 fully saturated rings. The predicted molar refractivity (Wildman–Crippen MR) is 53.6 cm³/mol. The number of carbonyl (C=O) groups excluding carboxylic acids is 1. The topological polar surface area (TPSA) is 63.6 Å². The molecule has 1 N–H and O–H groups in total. The van der Waals surface area contributed by atoms with Crippen molar-refractivity contribution < 1.29 is 19.4 Å². The Balaban J connectivity index is 0.000000255. The molecule has 0 aliphatic heterocycles. The van der Waals surface area contributed by atoms with E-state index >= 15 is 0 Å². The highest BCUT2D eigenvalue weighted by Crippen LogP contribution is 2.06. The minimum Gasteiger partial charge on any atom is -0.477 e. The fourth-order valence-electron chi connectivity index (χ4n) is 0.604. The van der Waals surface area contributed by atoms with E-state index < -0.39 is 5.97 Å². The lowest BCUT2D eigenvalue weighted by atomic mass is 10.5. The first-order chi connectivity index (χ1) is 6.57. The Morgan fingerprint density at radius 1 is 1.57 bits per heavy atom. The van der Waals surface area contributed by atoms with Crippen LogP contribution in [0.5, 0.6) is 0 Å². The van der Waals surface area contributed by atoms with Gasteiger partial charge in [0, 0.05) is 6.92 Å². The number of rotatable bonds is 2. The molecule has 0 aliphatic rings. The molecule has 0 unspecified atom stereocenters. The largest absolute Gasteiger partial charge is 0.477 e. The Morgan fingerprint density at radius 2 is 2.21 bits per heavy atom. The molecule has 0 aromatic carbocycles. The molecule has 5 heteroatoms. The summed E-state index contributed by atoms with van der Waals surface area (Å²) in [5, 5.41) is 10.0. The van der Waals surface area contributed by atoms with Crippen LogP contribution in [-0.4, -0.2) is 23.7 Å². The van der Waals surface area contributed by atoms with Crippen LogP contribution in [0, 0.1) is 0 Å². The third kappa shape index (κ3) is 6.19. The van der Waals surface area contributed by atoms with Crippen LogP contribution < -0.4 is 0 Å². The van der Waals surface area contributed by atoms with E-state index in [1.807, 2.05) is 0 Å². The van der Waals surface area contributed by atoms with Crippen molar-refractivity contribution in [3.63, 3.8) is 0 Å². The second-order valence-electron chi connectivity index (χ2n) is 2.21. The van der Waals surface area contributed by atoms with Crippen LogP contribution in [0.2, 0.25) is 0 Å². The van der Waals surface area contributed by atoms with E-state index in [9.17, 15) is 9.59 Å². The van der Waals surface area contributed by atoms with Crippen LogP contribution in [0.25, 0.3) is 0 Å². The maximum atomic E-state index is 10.1. The van der Waals surface area contributed by atoms with E-state index in [0.717, 1.165) is 0 Å². The van der Waals surface area contributed by atoms with Crippen LogP contribution in [0.4, 0.5) is 0 Å². The minimum absolute atomic E-state index is 0.211. The number of ether oxygens (including phenoxy) is 1. The van der Waals surface area contributed by atoms with Gasteiger partial charge in [-0.2, -0.15) is 0 Å². The SMILES string of the molecule is CCOC(C)=O.O=C(O)c1cccs1. The zero-order valence-electron chi connectivity index (χ0n) is 8.02. The second-order valence-corrected chi connectivity index (χ2v) is 3.15. The van der Waals surface area contributed by atoms with Crippen molar-refractivity contribution in [1.29, 1.82) is 0 Å². The second kappa shape index (κ2) is 7.08. The van der Waals surface area contributed by atoms with E-state index in [1.165, 1.54) is 18.3 Å². The van der Waals surface area contributed by atoms with Gasteiger partial charge in [0.2, 0.25) is 0 Å². The van der Waals surface area contributed by atoms with Gasteiger partial charge < -0.3 is 9.84 Å². The summed E-state index contributed by atoms with van der Waals surface area (Å²) < 4.78 is 4.40. The molecule has 0 saturated carbocycles. The molecule has 0 aliphatic carbocycles. The number of hydrogen-bond donors (Lipinski definition) is 1. The maximum absolute atomic E-state index is 10.1. The van der Waals surface area contributed by atoms with Crippen LogP contribution in [0.15, 0.2) is 17.5 Å². The number of aromatic carboxylic acids is 1. The lowest BCUT2D eigenvalue weighted by Crippen LogP contribution is -1.95. The van der Waals surface area contributed by atoms with Gasteiger partial charge in [0.05, 0.1) is 6.61 Å². The molecular formula is C9H12O4S. The zero-order chi connectivity index (χ0) is 11.0. The normalized spacial score (nSPS) is 8.43. The smallest absolute Gasteiger partial charge is 0.345 e. The molecule has 1 aromatic heterocycles. The molecular weight excluding hydrogens is 204 g/mol. The van der Waals surface area contributed by atoms with Crippen molar-refractivity contribution in [3.05, 3.63) is 22.4 Å². The summed E-state index contributed by atoms with van der Waals surface area (Å²) in [4.78, 5) is 20.3. The highest BCUT2D eigenvalue weighted by molar-refractivity contribution is 7.11. The Hall–Kier alpha value is -1.36. The van der Waals surface area contributed by atoms with E-state index in [4.69, 9.17) is 5.11 Å². The fraction of sp³-hybridized carbons (Fsp3) is 0.333. The summed E-state index contributed by atoms with van der Waals surface area (Å²) in [5.41, 5.74) is 0. The van der Waals surface area contributed by atoms with Gasteiger partial charge in [0.15, 0.2) is 0 Å². The van der Waals surface area contributed by atoms with Gasteiger partial charge in [-0.3, -0.25) is 4.79 Å². The number of esters is 1. The molecule has 1 rings (SSSR count). The molecule has 0 bridgehead atoms. The predicted octanol–water partition coefficient (Wildman–Crippen LogP) is 2.02. The summed E-state index contributed by atoms with van der Waals surface area (Å²) >= 11 is 1.23. The van der Waals surface area contributed by atoms with E-state index in [0.29, 0.717) is 11.5 Å². The Kier molecular flexibility index (Phi) is 6.39. The van der Waals surface area contributed by atoms with Crippen molar-refractivity contribution >= 4 is 23.3 Å². The van der Waals surface area contributed by atoms with Gasteiger partial charge in [-0.15, -0.1) is 11.3 Å². The van der Waals surface area contributed by atoms with Crippen molar-refractivity contribution in [3.8, 4) is 0 Å². The van der Waals surface area contributed by atoms with Gasteiger partial charge in [-0.1, -0.05) is 6.07 Å². The number of thiophene rings is 1. The highest BCUT2D eigenvalue weighted by Gasteiger charge is 1.99. The van der Waals surface area contributed by atoms with Crippen molar-refractivity contribution in [2.45, 2.75) is 13.8 Å². The summed E-state index contributed by atoms with van der Waals surface area (Å²) in [6.45, 7) is 3.65. The van der Waals surface area contributed by atoms with Crippen LogP contribution in [-0.2, 0) is 9.53 Å². The third-order valence-electron chi connectivity index (χ3n) is 1.08. The Labute approximate surface area is 86.1 Å². The van der Waals surface area contributed by atoms with Crippen LogP contribution in [0.1, 0.15) is 23.5 Å². The highest BCUT2D eigenvalue weighted by atomic mass is 32.1. The molecule has 0 radical (unpaired) electrons. The molecule has 1 heterocycles. The average molecular weight is 216 g/mol. The summed E-state index contributed by atoms with van der Waals surface area (Å²) in [5.74, 6) is -1.06. The zero-order valence-corrected chi connectivity index (χ0v) is 8.84. The number of hydrogen-bond acceptors (Lipinski definition) is 4. The molecule has 4 nitrogen and oxygen atoms in total. The molecule has 0 amide bonds. The van der Waals surface area contributed by atoms with Crippen molar-refractivity contribution in [2.75, 3.05) is 6.61 Å². The van der Waals surface area contributed by atoms with Gasteiger partial charge >= 0.3 is 11.9 Å². The fourth-order valence-corrected chi connectivity index (χ4v) is 1.17. The summed E-state index contributed by atoms with van der Waals surface area (Å²) in [7, 11) is 0. The summed E-state index contributed by atoms with van der Waals surface area (Å²) in [6, 6.07) is 3.29. The van der Waals surface area contributed by atoms with Gasteiger partial charge in [-0.25, -0.2) is 4.79 Å². The third-order valence-corrected chi connectivity index (χ3v) is 1.94. The maximum Gasteiger partial charge on any atom is 0.345 e. The number of carboxylic acids is 1. The molecule has 0 spiro atoms. The standard InChI is InChI=1S/C5H4O2S.C4H8O2/c6-5(7)4-2-1-3-8-4;1-3-6-4(2)5/h1-3H,(H,6,7);3H2,1-2H3. The summed E-state index contributed by atoms with van der Waals surface area (Å²) in [6.07, 6.45) is 0. The minimum atomic E-state index is -0.847. The van der Waals surface area contributed by atoms with Gasteiger partial charge in [-0.05, 0) is 18.4 Å². The first-order valence-corrected chi connectivity index (χ1v) is 4.86. The lowest BCUT2D eigenvalue weighted by molar-refractivity contribution is -0.140. The monoisotopic (exact) mass is 216 g/mol. The Morgan fingerprint density at radius 3 is 2.36 bits per heavy atom. The van der Waals surface area contributed by atoms with Crippen LogP contribution in [0.3, 0.4) is 0 Å². The van der Waals surface area contributed by atoms with E-state index in [1.54, 1.807) is 24.4 Å². The first-order valence-electron chi connectivity index (χ1n) is 3.98. The van der Waals surface area contributed by atoms with Gasteiger partial charge in [0.25, 0.3) is 0 Å². The van der Waals surface area contributed by atoms with E-state index in [-0.39, 0.29) is 5.97 Å². The van der Waals surface area contributed by atoms with Gasteiger partial charge in [0.1, 0.15) is 4.88 Å². The molecule has 0 saturated heterocycles. The van der Waals surface area contributed by atoms with Crippen molar-refractivity contribution in [2.24, 2.45) is 0 Å².